The maximum absolute atomic E-state index is 5.77. The van der Waals surface area contributed by atoms with Crippen LogP contribution in [-0.4, -0.2) is 7.11 Å². The minimum absolute atomic E-state index is 0.523. The fourth-order valence-electron chi connectivity index (χ4n) is 0.698. The molecular formula is C8H7Cl2O. The first-order chi connectivity index (χ1) is 5.15. The van der Waals surface area contributed by atoms with Gasteiger partial charge in [-0.25, -0.2) is 0 Å². The van der Waals surface area contributed by atoms with Crippen molar-refractivity contribution in [2.45, 2.75) is 0 Å². The first-order valence-corrected chi connectivity index (χ1v) is 3.75. The first-order valence-electron chi connectivity index (χ1n) is 3.00. The quantitative estimate of drug-likeness (QED) is 0.660. The Bertz CT molecular complexity index is 248. The molecule has 1 radical (unpaired) electrons. The Morgan fingerprint density at radius 2 is 1.73 bits per heavy atom. The molecule has 0 amide bonds. The fourth-order valence-corrected chi connectivity index (χ4v) is 1.16. The van der Waals surface area contributed by atoms with Gasteiger partial charge in [0.15, 0.2) is 0 Å². The molecule has 3 heteroatoms. The Kier molecular flexibility index (Phi) is 2.63. The highest BCUT2D eigenvalue weighted by Gasteiger charge is 2.02. The lowest BCUT2D eigenvalue weighted by Gasteiger charge is -2.04. The van der Waals surface area contributed by atoms with E-state index >= 15 is 0 Å². The Morgan fingerprint density at radius 3 is 2.09 bits per heavy atom. The summed E-state index contributed by atoms with van der Waals surface area (Å²) in [5.41, 5.74) is 0.633. The molecule has 1 nitrogen and oxygen atoms in total. The molecule has 1 aromatic rings. The molecule has 0 saturated carbocycles. The minimum Gasteiger partial charge on any atom is -0.497 e. The van der Waals surface area contributed by atoms with E-state index in [4.69, 9.17) is 27.9 Å². The van der Waals surface area contributed by atoms with Crippen LogP contribution in [0.2, 0.25) is 10.0 Å². The molecule has 0 aliphatic heterocycles. The van der Waals surface area contributed by atoms with Crippen LogP contribution in [0.4, 0.5) is 0 Å². The number of methoxy groups -OCH3 is 1. The summed E-state index contributed by atoms with van der Waals surface area (Å²) in [5, 5.41) is 1.05. The predicted molar refractivity (Wildman–Crippen MR) is 47.5 cm³/mol. The van der Waals surface area contributed by atoms with Gasteiger partial charge in [0, 0.05) is 10.0 Å². The first kappa shape index (κ1) is 8.69. The Labute approximate surface area is 75.9 Å². The summed E-state index contributed by atoms with van der Waals surface area (Å²) in [6, 6.07) is 3.35. The highest BCUT2D eigenvalue weighted by Crippen LogP contribution is 2.28. The summed E-state index contributed by atoms with van der Waals surface area (Å²) >= 11 is 11.5. The number of halogens is 2. The van der Waals surface area contributed by atoms with E-state index in [0.29, 0.717) is 21.4 Å². The molecule has 1 rings (SSSR count). The SMILES string of the molecule is [CH2]c1c(Cl)cc(OC)cc1Cl. The number of hydrogen-bond acceptors (Lipinski definition) is 1. The van der Waals surface area contributed by atoms with Crippen LogP contribution in [-0.2, 0) is 0 Å². The minimum atomic E-state index is 0.523. The van der Waals surface area contributed by atoms with E-state index in [9.17, 15) is 0 Å². The van der Waals surface area contributed by atoms with Gasteiger partial charge in [-0.05, 0) is 24.6 Å². The van der Waals surface area contributed by atoms with Crippen LogP contribution in [0.25, 0.3) is 0 Å². The zero-order valence-electron chi connectivity index (χ0n) is 6.03. The monoisotopic (exact) mass is 189 g/mol. The number of rotatable bonds is 1. The summed E-state index contributed by atoms with van der Waals surface area (Å²) in [4.78, 5) is 0. The van der Waals surface area contributed by atoms with Gasteiger partial charge in [-0.15, -0.1) is 0 Å². The van der Waals surface area contributed by atoms with E-state index in [0.717, 1.165) is 0 Å². The van der Waals surface area contributed by atoms with Gasteiger partial charge in [0.2, 0.25) is 0 Å². The summed E-state index contributed by atoms with van der Waals surface area (Å²) in [6.45, 7) is 3.68. The Hall–Kier alpha value is -0.400. The molecule has 59 valence electrons. The third kappa shape index (κ3) is 1.79. The van der Waals surface area contributed by atoms with E-state index in [2.05, 4.69) is 6.92 Å². The molecule has 11 heavy (non-hydrogen) atoms. The summed E-state index contributed by atoms with van der Waals surface area (Å²) in [6.07, 6.45) is 0. The summed E-state index contributed by atoms with van der Waals surface area (Å²) in [7, 11) is 1.56. The second-order valence-electron chi connectivity index (χ2n) is 2.07. The molecule has 0 atom stereocenters. The molecule has 0 aromatic heterocycles. The second-order valence-corrected chi connectivity index (χ2v) is 2.88. The maximum atomic E-state index is 5.77. The van der Waals surface area contributed by atoms with E-state index in [-0.39, 0.29) is 0 Å². The Balaban J connectivity index is 3.21. The van der Waals surface area contributed by atoms with Crippen LogP contribution in [0.15, 0.2) is 12.1 Å². The van der Waals surface area contributed by atoms with Gasteiger partial charge < -0.3 is 4.74 Å². The van der Waals surface area contributed by atoms with Crippen LogP contribution < -0.4 is 4.74 Å². The maximum Gasteiger partial charge on any atom is 0.121 e. The normalized spacial score (nSPS) is 9.82. The van der Waals surface area contributed by atoms with Crippen molar-refractivity contribution >= 4 is 23.2 Å². The third-order valence-corrected chi connectivity index (χ3v) is 2.02. The largest absolute Gasteiger partial charge is 0.497 e. The van der Waals surface area contributed by atoms with Crippen LogP contribution in [0.5, 0.6) is 5.75 Å². The van der Waals surface area contributed by atoms with Gasteiger partial charge in [-0.1, -0.05) is 23.2 Å². The molecule has 0 N–H and O–H groups in total. The smallest absolute Gasteiger partial charge is 0.121 e. The zero-order chi connectivity index (χ0) is 8.43. The highest BCUT2D eigenvalue weighted by atomic mass is 35.5. The van der Waals surface area contributed by atoms with Gasteiger partial charge in [0.05, 0.1) is 7.11 Å². The molecule has 0 unspecified atom stereocenters. The molecule has 0 heterocycles. The summed E-state index contributed by atoms with van der Waals surface area (Å²) < 4.78 is 4.93. The second kappa shape index (κ2) is 3.33. The van der Waals surface area contributed by atoms with Gasteiger partial charge in [-0.3, -0.25) is 0 Å². The van der Waals surface area contributed by atoms with Gasteiger partial charge in [0.25, 0.3) is 0 Å². The number of ether oxygens (including phenoxy) is 1. The van der Waals surface area contributed by atoms with Crippen LogP contribution in [0.3, 0.4) is 0 Å². The topological polar surface area (TPSA) is 9.23 Å². The molecule has 0 saturated heterocycles. The average Bonchev–Trinajstić information content (AvgIpc) is 1.99. The lowest BCUT2D eigenvalue weighted by atomic mass is 10.2. The van der Waals surface area contributed by atoms with Gasteiger partial charge in [0.1, 0.15) is 5.75 Å². The standard InChI is InChI=1S/C8H7Cl2O/c1-5-7(9)3-6(11-2)4-8(5)10/h3-4H,1H2,2H3. The van der Waals surface area contributed by atoms with Crippen molar-refractivity contribution in [1.29, 1.82) is 0 Å². The molecule has 0 aliphatic carbocycles. The van der Waals surface area contributed by atoms with Crippen molar-refractivity contribution in [1.82, 2.24) is 0 Å². The lowest BCUT2D eigenvalue weighted by Crippen LogP contribution is -1.84. The number of hydrogen-bond donors (Lipinski definition) is 0. The molecule has 0 spiro atoms. The summed E-state index contributed by atoms with van der Waals surface area (Å²) in [5.74, 6) is 0.646. The molecule has 0 fully saturated rings. The highest BCUT2D eigenvalue weighted by molar-refractivity contribution is 6.36. The van der Waals surface area contributed by atoms with Crippen LogP contribution in [0.1, 0.15) is 5.56 Å². The van der Waals surface area contributed by atoms with Crippen molar-refractivity contribution in [3.05, 3.63) is 34.7 Å². The predicted octanol–water partition coefficient (Wildman–Crippen LogP) is 3.18. The molecular weight excluding hydrogens is 183 g/mol. The molecule has 0 bridgehead atoms. The van der Waals surface area contributed by atoms with Crippen molar-refractivity contribution in [3.8, 4) is 5.75 Å². The van der Waals surface area contributed by atoms with Crippen molar-refractivity contribution in [2.24, 2.45) is 0 Å². The Morgan fingerprint density at radius 1 is 1.27 bits per heavy atom. The van der Waals surface area contributed by atoms with Crippen molar-refractivity contribution < 1.29 is 4.74 Å². The fraction of sp³-hybridized carbons (Fsp3) is 0.125. The van der Waals surface area contributed by atoms with Gasteiger partial charge >= 0.3 is 0 Å². The van der Waals surface area contributed by atoms with Crippen molar-refractivity contribution in [2.75, 3.05) is 7.11 Å². The molecule has 0 aliphatic rings. The van der Waals surface area contributed by atoms with Crippen molar-refractivity contribution in [3.63, 3.8) is 0 Å². The number of benzene rings is 1. The van der Waals surface area contributed by atoms with E-state index in [1.165, 1.54) is 0 Å². The third-order valence-electron chi connectivity index (χ3n) is 1.35. The average molecular weight is 190 g/mol. The lowest BCUT2D eigenvalue weighted by molar-refractivity contribution is 0.415. The van der Waals surface area contributed by atoms with E-state index in [1.54, 1.807) is 19.2 Å². The van der Waals surface area contributed by atoms with E-state index < -0.39 is 0 Å². The zero-order valence-corrected chi connectivity index (χ0v) is 7.54. The van der Waals surface area contributed by atoms with E-state index in [1.807, 2.05) is 0 Å². The van der Waals surface area contributed by atoms with Gasteiger partial charge in [-0.2, -0.15) is 0 Å². The van der Waals surface area contributed by atoms with Crippen LogP contribution in [0, 0.1) is 6.92 Å². The molecule has 1 aromatic carbocycles. The van der Waals surface area contributed by atoms with Crippen LogP contribution >= 0.6 is 23.2 Å².